The zero-order valence-electron chi connectivity index (χ0n) is 14.2. The van der Waals surface area contributed by atoms with Gasteiger partial charge in [-0.05, 0) is 38.2 Å². The van der Waals surface area contributed by atoms with E-state index in [0.29, 0.717) is 18.8 Å². The number of carbonyl (C=O) groups is 1. The fourth-order valence-electron chi connectivity index (χ4n) is 2.29. The number of hydrogen-bond donors (Lipinski definition) is 3. The van der Waals surface area contributed by atoms with Crippen LogP contribution in [-0.2, 0) is 0 Å². The number of carbonyl (C=O) groups excluding carboxylic acids is 1. The number of amides is 1. The lowest BCUT2D eigenvalue weighted by Crippen LogP contribution is -2.30. The third-order valence-corrected chi connectivity index (χ3v) is 3.62. The van der Waals surface area contributed by atoms with Gasteiger partial charge in [0.1, 0.15) is 5.69 Å². The zero-order valence-corrected chi connectivity index (χ0v) is 14.2. The normalized spacial score (nSPS) is 11.6. The van der Waals surface area contributed by atoms with E-state index in [0.717, 1.165) is 5.69 Å². The summed E-state index contributed by atoms with van der Waals surface area (Å²) in [5.74, 6) is -0.345. The van der Waals surface area contributed by atoms with Crippen molar-refractivity contribution >= 4 is 17.3 Å². The number of likely N-dealkylation sites (N-methyl/N-ethyl adjacent to an activating group) is 1. The Bertz CT molecular complexity index is 736. The first-order chi connectivity index (χ1) is 12.0. The minimum Gasteiger partial charge on any atom is -0.371 e. The van der Waals surface area contributed by atoms with Crippen LogP contribution in [0.15, 0.2) is 42.6 Å². The molecule has 1 aromatic heterocycles. The largest absolute Gasteiger partial charge is 0.371 e. The molecule has 0 bridgehead atoms. The second-order valence-corrected chi connectivity index (χ2v) is 5.47. The predicted octanol–water partition coefficient (Wildman–Crippen LogP) is 2.11. The molecular weight excluding hydrogens is 322 g/mol. The van der Waals surface area contributed by atoms with Gasteiger partial charge in [0, 0.05) is 30.9 Å². The Hall–Kier alpha value is -3.00. The highest BCUT2D eigenvalue weighted by atomic mass is 16.6. The Labute approximate surface area is 145 Å². The number of benzene rings is 1. The SMILES string of the molecule is CNCCNC(=O)c1ccc(NC(C)c2ccccn2)c([N+](=O)[O-])c1. The Morgan fingerprint density at radius 2 is 2.08 bits per heavy atom. The molecule has 132 valence electrons. The van der Waals surface area contributed by atoms with Gasteiger partial charge in [0.2, 0.25) is 0 Å². The summed E-state index contributed by atoms with van der Waals surface area (Å²) in [6.45, 7) is 2.93. The summed E-state index contributed by atoms with van der Waals surface area (Å²) in [4.78, 5) is 27.2. The molecule has 0 fully saturated rings. The van der Waals surface area contributed by atoms with Crippen molar-refractivity contribution in [3.63, 3.8) is 0 Å². The molecule has 0 aliphatic rings. The highest BCUT2D eigenvalue weighted by molar-refractivity contribution is 5.95. The summed E-state index contributed by atoms with van der Waals surface area (Å²) in [6, 6.07) is 9.68. The van der Waals surface area contributed by atoms with Gasteiger partial charge in [0.05, 0.1) is 16.7 Å². The summed E-state index contributed by atoms with van der Waals surface area (Å²) in [7, 11) is 1.78. The molecule has 1 heterocycles. The maximum atomic E-state index is 12.1. The highest BCUT2D eigenvalue weighted by Crippen LogP contribution is 2.28. The molecule has 2 rings (SSSR count). The summed E-state index contributed by atoms with van der Waals surface area (Å²) >= 11 is 0. The van der Waals surface area contributed by atoms with Crippen molar-refractivity contribution in [3.8, 4) is 0 Å². The molecule has 0 spiro atoms. The number of hydrogen-bond acceptors (Lipinski definition) is 6. The van der Waals surface area contributed by atoms with E-state index in [1.165, 1.54) is 6.07 Å². The lowest BCUT2D eigenvalue weighted by molar-refractivity contribution is -0.384. The lowest BCUT2D eigenvalue weighted by Gasteiger charge is -2.15. The molecule has 2 aromatic rings. The van der Waals surface area contributed by atoms with Crippen LogP contribution in [0.1, 0.15) is 29.0 Å². The van der Waals surface area contributed by atoms with Gasteiger partial charge in [0.25, 0.3) is 11.6 Å². The predicted molar refractivity (Wildman–Crippen MR) is 95.6 cm³/mol. The Morgan fingerprint density at radius 3 is 2.72 bits per heavy atom. The molecule has 1 unspecified atom stereocenters. The van der Waals surface area contributed by atoms with Crippen molar-refractivity contribution in [1.29, 1.82) is 0 Å². The van der Waals surface area contributed by atoms with E-state index in [1.807, 2.05) is 19.1 Å². The van der Waals surface area contributed by atoms with Crippen LogP contribution in [0.25, 0.3) is 0 Å². The van der Waals surface area contributed by atoms with Crippen molar-refractivity contribution < 1.29 is 9.72 Å². The van der Waals surface area contributed by atoms with Crippen molar-refractivity contribution in [1.82, 2.24) is 15.6 Å². The van der Waals surface area contributed by atoms with E-state index in [4.69, 9.17) is 0 Å². The van der Waals surface area contributed by atoms with Crippen LogP contribution in [-0.4, -0.2) is 36.0 Å². The van der Waals surface area contributed by atoms with Crippen molar-refractivity contribution in [3.05, 3.63) is 64.0 Å². The smallest absolute Gasteiger partial charge is 0.293 e. The molecule has 25 heavy (non-hydrogen) atoms. The molecule has 1 aromatic carbocycles. The first-order valence-corrected chi connectivity index (χ1v) is 7.91. The van der Waals surface area contributed by atoms with Crippen LogP contribution in [0.5, 0.6) is 0 Å². The maximum Gasteiger partial charge on any atom is 0.293 e. The van der Waals surface area contributed by atoms with E-state index in [2.05, 4.69) is 20.9 Å². The number of nitro groups is 1. The fourth-order valence-corrected chi connectivity index (χ4v) is 2.29. The van der Waals surface area contributed by atoms with E-state index in [9.17, 15) is 14.9 Å². The Kier molecular flexibility index (Phi) is 6.41. The molecular formula is C17H21N5O3. The molecule has 1 atom stereocenters. The first kappa shape index (κ1) is 18.3. The summed E-state index contributed by atoms with van der Waals surface area (Å²) < 4.78 is 0. The van der Waals surface area contributed by atoms with Gasteiger partial charge < -0.3 is 16.0 Å². The van der Waals surface area contributed by atoms with Crippen LogP contribution < -0.4 is 16.0 Å². The number of nitrogens with zero attached hydrogens (tertiary/aromatic N) is 2. The van der Waals surface area contributed by atoms with Crippen LogP contribution in [0.4, 0.5) is 11.4 Å². The Morgan fingerprint density at radius 1 is 1.28 bits per heavy atom. The van der Waals surface area contributed by atoms with Gasteiger partial charge >= 0.3 is 0 Å². The summed E-state index contributed by atoms with van der Waals surface area (Å²) in [5.41, 5.74) is 1.21. The topological polar surface area (TPSA) is 109 Å². The molecule has 0 aliphatic heterocycles. The monoisotopic (exact) mass is 343 g/mol. The van der Waals surface area contributed by atoms with Gasteiger partial charge in [-0.2, -0.15) is 0 Å². The molecule has 0 saturated heterocycles. The van der Waals surface area contributed by atoms with Crippen LogP contribution in [0.2, 0.25) is 0 Å². The van der Waals surface area contributed by atoms with E-state index >= 15 is 0 Å². The highest BCUT2D eigenvalue weighted by Gasteiger charge is 2.19. The second kappa shape index (κ2) is 8.74. The van der Waals surface area contributed by atoms with Gasteiger partial charge in [-0.3, -0.25) is 19.9 Å². The standard InChI is InChI=1S/C17H21N5O3/c1-12(14-5-3-4-8-19-14)21-15-7-6-13(11-16(15)22(24)25)17(23)20-10-9-18-2/h3-8,11-12,18,21H,9-10H2,1-2H3,(H,20,23). The summed E-state index contributed by atoms with van der Waals surface area (Å²) in [6.07, 6.45) is 1.67. The fraction of sp³-hybridized carbons (Fsp3) is 0.294. The Balaban J connectivity index is 2.18. The molecule has 8 nitrogen and oxygen atoms in total. The maximum absolute atomic E-state index is 12.1. The molecule has 8 heteroatoms. The van der Waals surface area contributed by atoms with Gasteiger partial charge in [-0.1, -0.05) is 6.07 Å². The minimum atomic E-state index is -0.502. The molecule has 0 saturated carbocycles. The first-order valence-electron chi connectivity index (χ1n) is 7.91. The average molecular weight is 343 g/mol. The quantitative estimate of drug-likeness (QED) is 0.385. The van der Waals surface area contributed by atoms with Crippen molar-refractivity contribution in [2.24, 2.45) is 0 Å². The van der Waals surface area contributed by atoms with Crippen molar-refractivity contribution in [2.75, 3.05) is 25.5 Å². The molecule has 0 aliphatic carbocycles. The zero-order chi connectivity index (χ0) is 18.2. The molecule has 0 radical (unpaired) electrons. The number of nitrogens with one attached hydrogen (secondary N) is 3. The second-order valence-electron chi connectivity index (χ2n) is 5.47. The molecule has 3 N–H and O–H groups in total. The van der Waals surface area contributed by atoms with Gasteiger partial charge in [-0.25, -0.2) is 0 Å². The van der Waals surface area contributed by atoms with Crippen LogP contribution in [0, 0.1) is 10.1 Å². The van der Waals surface area contributed by atoms with E-state index in [1.54, 1.807) is 31.4 Å². The third-order valence-electron chi connectivity index (χ3n) is 3.62. The van der Waals surface area contributed by atoms with E-state index in [-0.39, 0.29) is 23.2 Å². The van der Waals surface area contributed by atoms with Gasteiger partial charge in [0.15, 0.2) is 0 Å². The van der Waals surface area contributed by atoms with Gasteiger partial charge in [-0.15, -0.1) is 0 Å². The number of aromatic nitrogens is 1. The van der Waals surface area contributed by atoms with Crippen LogP contribution >= 0.6 is 0 Å². The summed E-state index contributed by atoms with van der Waals surface area (Å²) in [5, 5.41) is 20.1. The molecule has 1 amide bonds. The van der Waals surface area contributed by atoms with E-state index < -0.39 is 4.92 Å². The minimum absolute atomic E-state index is 0.149. The number of pyridine rings is 1. The lowest BCUT2D eigenvalue weighted by atomic mass is 10.1. The number of rotatable bonds is 8. The number of anilines is 1. The van der Waals surface area contributed by atoms with Crippen molar-refractivity contribution in [2.45, 2.75) is 13.0 Å². The third kappa shape index (κ3) is 4.98. The number of nitro benzene ring substituents is 1. The average Bonchev–Trinajstić information content (AvgIpc) is 2.62. The van der Waals surface area contributed by atoms with Crippen LogP contribution in [0.3, 0.4) is 0 Å².